The van der Waals surface area contributed by atoms with Crippen LogP contribution in [0.3, 0.4) is 0 Å². The fourth-order valence-corrected chi connectivity index (χ4v) is 1.73. The number of hydrogen-bond donors (Lipinski definition) is 3. The second-order valence-electron chi connectivity index (χ2n) is 2.69. The van der Waals surface area contributed by atoms with Crippen molar-refractivity contribution in [1.82, 2.24) is 5.43 Å². The predicted molar refractivity (Wildman–Crippen MR) is 65.9 cm³/mol. The average molecular weight is 258 g/mol. The molecule has 0 aromatic carbocycles. The van der Waals surface area contributed by atoms with E-state index in [-0.39, 0.29) is 5.11 Å². The van der Waals surface area contributed by atoms with Crippen molar-refractivity contribution in [2.24, 2.45) is 5.73 Å². The van der Waals surface area contributed by atoms with Crippen LogP contribution in [-0.4, -0.2) is 23.4 Å². The van der Waals surface area contributed by atoms with E-state index in [0.29, 0.717) is 12.3 Å². The minimum absolute atomic E-state index is 0.0540. The summed E-state index contributed by atoms with van der Waals surface area (Å²) in [5.74, 6) is -0.450. The fourth-order valence-electron chi connectivity index (χ4n) is 0.961. The van der Waals surface area contributed by atoms with Crippen LogP contribution in [0.15, 0.2) is 17.5 Å². The Morgan fingerprint density at radius 1 is 1.75 bits per heavy atom. The molecule has 0 fully saturated rings. The number of rotatable bonds is 4. The molecule has 5 nitrogen and oxygen atoms in total. The van der Waals surface area contributed by atoms with Crippen LogP contribution in [-0.2, 0) is 9.53 Å². The SMILES string of the molecule is CCOC(=O)C(=[NH+]NC(N)=S)c1cccs1. The molecule has 0 aliphatic rings. The molecule has 0 aliphatic carbocycles. The summed E-state index contributed by atoms with van der Waals surface area (Å²) >= 11 is 6.05. The maximum absolute atomic E-state index is 11.6. The van der Waals surface area contributed by atoms with E-state index in [4.69, 9.17) is 10.5 Å². The van der Waals surface area contributed by atoms with Gasteiger partial charge in [-0.25, -0.2) is 4.79 Å². The Hall–Kier alpha value is -1.47. The monoisotopic (exact) mass is 258 g/mol. The van der Waals surface area contributed by atoms with Gasteiger partial charge in [0.2, 0.25) is 5.11 Å². The van der Waals surface area contributed by atoms with E-state index in [1.807, 2.05) is 11.4 Å². The van der Waals surface area contributed by atoms with E-state index < -0.39 is 5.97 Å². The summed E-state index contributed by atoms with van der Waals surface area (Å²) in [6.07, 6.45) is 0. The van der Waals surface area contributed by atoms with Crippen molar-refractivity contribution in [1.29, 1.82) is 0 Å². The summed E-state index contributed by atoms with van der Waals surface area (Å²) in [5, 5.41) is 4.55. The smallest absolute Gasteiger partial charge is 0.407 e. The van der Waals surface area contributed by atoms with Crippen molar-refractivity contribution < 1.29 is 14.6 Å². The first-order valence-corrected chi connectivity index (χ1v) is 5.83. The number of nitrogens with two attached hydrogens (primary N) is 1. The molecule has 0 radical (unpaired) electrons. The van der Waals surface area contributed by atoms with Crippen LogP contribution in [0.2, 0.25) is 0 Å². The topological polar surface area (TPSA) is 78.3 Å². The Kier molecular flexibility index (Phi) is 4.87. The number of ether oxygens (including phenoxy) is 1. The van der Waals surface area contributed by atoms with E-state index >= 15 is 0 Å². The fraction of sp³-hybridized carbons (Fsp3) is 0.222. The zero-order chi connectivity index (χ0) is 12.0. The number of carbonyl (C=O) groups excluding carboxylic acids is 1. The second kappa shape index (κ2) is 6.19. The number of thiocarbonyl (C=S) groups is 1. The van der Waals surface area contributed by atoms with Crippen molar-refractivity contribution in [3.8, 4) is 0 Å². The second-order valence-corrected chi connectivity index (χ2v) is 4.07. The van der Waals surface area contributed by atoms with Crippen LogP contribution in [0.25, 0.3) is 0 Å². The van der Waals surface area contributed by atoms with Gasteiger partial charge in [0, 0.05) is 0 Å². The molecule has 16 heavy (non-hydrogen) atoms. The van der Waals surface area contributed by atoms with Gasteiger partial charge in [0.25, 0.3) is 0 Å². The van der Waals surface area contributed by atoms with Crippen LogP contribution in [0.4, 0.5) is 0 Å². The van der Waals surface area contributed by atoms with E-state index in [1.54, 1.807) is 13.0 Å². The minimum Gasteiger partial charge on any atom is -0.458 e. The highest BCUT2D eigenvalue weighted by molar-refractivity contribution is 7.80. The molecule has 0 aliphatic heterocycles. The molecule has 0 amide bonds. The molecule has 4 N–H and O–H groups in total. The van der Waals surface area contributed by atoms with Gasteiger partial charge in [0.15, 0.2) is 0 Å². The van der Waals surface area contributed by atoms with Gasteiger partial charge in [0.05, 0.1) is 6.61 Å². The van der Waals surface area contributed by atoms with Crippen LogP contribution in [0.5, 0.6) is 0 Å². The van der Waals surface area contributed by atoms with Crippen LogP contribution >= 0.6 is 23.6 Å². The first-order chi connectivity index (χ1) is 7.65. The molecule has 1 rings (SSSR count). The molecule has 1 heterocycles. The molecule has 1 aromatic heterocycles. The van der Waals surface area contributed by atoms with Gasteiger partial charge in [-0.2, -0.15) is 0 Å². The molecule has 0 saturated carbocycles. The van der Waals surface area contributed by atoms with Crippen LogP contribution < -0.4 is 16.3 Å². The number of hydrogen-bond acceptors (Lipinski definition) is 4. The third-order valence-corrected chi connectivity index (χ3v) is 2.55. The standard InChI is InChI=1S/C9H11N3O2S2/c1-2-14-8(13)7(11-12-9(10)15)6-4-3-5-16-6/h3-5H,2H2,1H3,(H3,10,12,15)/p+1. The summed E-state index contributed by atoms with van der Waals surface area (Å²) in [6.45, 7) is 2.05. The highest BCUT2D eigenvalue weighted by Gasteiger charge is 2.23. The minimum atomic E-state index is -0.450. The van der Waals surface area contributed by atoms with Gasteiger partial charge in [-0.15, -0.1) is 21.9 Å². The highest BCUT2D eigenvalue weighted by atomic mass is 32.1. The molecule has 1 aromatic rings. The average Bonchev–Trinajstić information content (AvgIpc) is 2.71. The lowest BCUT2D eigenvalue weighted by Gasteiger charge is -1.98. The first-order valence-electron chi connectivity index (χ1n) is 4.54. The third-order valence-electron chi connectivity index (χ3n) is 1.56. The normalized spacial score (nSPS) is 10.9. The summed E-state index contributed by atoms with van der Waals surface area (Å²) < 4.78 is 4.90. The van der Waals surface area contributed by atoms with Crippen LogP contribution in [0, 0.1) is 0 Å². The van der Waals surface area contributed by atoms with Crippen molar-refractivity contribution in [3.63, 3.8) is 0 Å². The number of hydrazine groups is 1. The molecule has 0 bridgehead atoms. The lowest BCUT2D eigenvalue weighted by atomic mass is 10.3. The van der Waals surface area contributed by atoms with Gasteiger partial charge in [0.1, 0.15) is 4.88 Å². The van der Waals surface area contributed by atoms with E-state index in [1.165, 1.54) is 11.3 Å². The lowest BCUT2D eigenvalue weighted by molar-refractivity contribution is -0.504. The zero-order valence-electron chi connectivity index (χ0n) is 8.65. The number of hydrazone groups is 1. The van der Waals surface area contributed by atoms with Gasteiger partial charge < -0.3 is 10.5 Å². The molecule has 0 unspecified atom stereocenters. The number of carbonyl (C=O) groups is 1. The Morgan fingerprint density at radius 2 is 2.50 bits per heavy atom. The van der Waals surface area contributed by atoms with Gasteiger partial charge in [-0.1, -0.05) is 6.07 Å². The predicted octanol–water partition coefficient (Wildman–Crippen LogP) is -1.07. The Morgan fingerprint density at radius 3 is 3.00 bits per heavy atom. The Bertz CT molecular complexity index is 401. The number of esters is 1. The molecule has 86 valence electrons. The van der Waals surface area contributed by atoms with Crippen molar-refractivity contribution in [2.75, 3.05) is 6.61 Å². The van der Waals surface area contributed by atoms with Crippen LogP contribution in [0.1, 0.15) is 11.8 Å². The molecule has 0 saturated heterocycles. The molecule has 7 heteroatoms. The summed E-state index contributed by atoms with van der Waals surface area (Å²) in [6, 6.07) is 3.63. The molecular weight excluding hydrogens is 246 g/mol. The maximum Gasteiger partial charge on any atom is 0.407 e. The quantitative estimate of drug-likeness (QED) is 0.277. The molecular formula is C9H12N3O2S2+. The Labute approximate surface area is 102 Å². The van der Waals surface area contributed by atoms with Crippen molar-refractivity contribution in [2.45, 2.75) is 6.92 Å². The molecule has 0 spiro atoms. The number of nitrogens with one attached hydrogen (secondary N) is 2. The summed E-state index contributed by atoms with van der Waals surface area (Å²) in [4.78, 5) is 12.4. The van der Waals surface area contributed by atoms with E-state index in [0.717, 1.165) is 4.88 Å². The van der Waals surface area contributed by atoms with Gasteiger partial charge in [-0.3, -0.25) is 0 Å². The highest BCUT2D eigenvalue weighted by Crippen LogP contribution is 2.08. The van der Waals surface area contributed by atoms with Crippen molar-refractivity contribution >= 4 is 40.3 Å². The van der Waals surface area contributed by atoms with E-state index in [9.17, 15) is 4.79 Å². The molecule has 0 atom stereocenters. The summed E-state index contributed by atoms with van der Waals surface area (Å²) in [5.41, 5.74) is 8.06. The summed E-state index contributed by atoms with van der Waals surface area (Å²) in [7, 11) is 0. The zero-order valence-corrected chi connectivity index (χ0v) is 10.3. The third kappa shape index (κ3) is 3.59. The lowest BCUT2D eigenvalue weighted by Crippen LogP contribution is -2.86. The van der Waals surface area contributed by atoms with E-state index in [2.05, 4.69) is 22.7 Å². The number of thiophene rings is 1. The maximum atomic E-state index is 11.6. The Balaban J connectivity index is 2.90. The van der Waals surface area contributed by atoms with Gasteiger partial charge >= 0.3 is 11.7 Å². The van der Waals surface area contributed by atoms with Gasteiger partial charge in [-0.05, 0) is 30.6 Å². The largest absolute Gasteiger partial charge is 0.458 e. The van der Waals surface area contributed by atoms with Crippen molar-refractivity contribution in [3.05, 3.63) is 22.4 Å². The first kappa shape index (κ1) is 12.6.